The van der Waals surface area contributed by atoms with E-state index in [1.807, 2.05) is 0 Å². The average Bonchev–Trinajstić information content (AvgIpc) is 2.95. The molecule has 1 aromatic carbocycles. The van der Waals surface area contributed by atoms with Crippen molar-refractivity contribution in [3.05, 3.63) is 35.4 Å². The molecule has 3 nitrogen and oxygen atoms in total. The van der Waals surface area contributed by atoms with Crippen LogP contribution in [0.5, 0.6) is 0 Å². The van der Waals surface area contributed by atoms with E-state index < -0.39 is 0 Å². The molecule has 1 fully saturated rings. The topological polar surface area (TPSA) is 41.1 Å². The summed E-state index contributed by atoms with van der Waals surface area (Å²) in [7, 11) is 0. The number of amides is 1. The van der Waals surface area contributed by atoms with E-state index >= 15 is 0 Å². The lowest BCUT2D eigenvalue weighted by atomic mass is 9.91. The summed E-state index contributed by atoms with van der Waals surface area (Å²) in [6.45, 7) is 8.09. The van der Waals surface area contributed by atoms with Crippen molar-refractivity contribution in [3.8, 4) is 0 Å². The van der Waals surface area contributed by atoms with Crippen LogP contribution in [0.4, 0.5) is 0 Å². The van der Waals surface area contributed by atoms with Gasteiger partial charge < -0.3 is 10.6 Å². The van der Waals surface area contributed by atoms with Crippen LogP contribution in [0.15, 0.2) is 24.3 Å². The van der Waals surface area contributed by atoms with E-state index in [0.29, 0.717) is 12.5 Å². The third-order valence-corrected chi connectivity index (χ3v) is 4.45. The van der Waals surface area contributed by atoms with Gasteiger partial charge in [0.1, 0.15) is 0 Å². The fourth-order valence-corrected chi connectivity index (χ4v) is 3.13. The molecule has 1 amide bonds. The van der Waals surface area contributed by atoms with Crippen molar-refractivity contribution in [2.45, 2.75) is 64.5 Å². The fourth-order valence-electron chi connectivity index (χ4n) is 3.13. The van der Waals surface area contributed by atoms with Gasteiger partial charge in [0.05, 0.1) is 5.54 Å². The lowest BCUT2D eigenvalue weighted by Gasteiger charge is -2.27. The second-order valence-electron chi connectivity index (χ2n) is 6.44. The molecule has 0 bridgehead atoms. The Bertz CT molecular complexity index is 459. The molecule has 0 radical (unpaired) electrons. The zero-order valence-corrected chi connectivity index (χ0v) is 13.5. The van der Waals surface area contributed by atoms with Gasteiger partial charge in [-0.3, -0.25) is 4.79 Å². The molecule has 2 N–H and O–H groups in total. The highest BCUT2D eigenvalue weighted by Gasteiger charge is 2.39. The van der Waals surface area contributed by atoms with Gasteiger partial charge in [-0.05, 0) is 42.9 Å². The summed E-state index contributed by atoms with van der Waals surface area (Å²) >= 11 is 0. The summed E-state index contributed by atoms with van der Waals surface area (Å²) in [6.07, 6.45) is 4.00. The third-order valence-electron chi connectivity index (χ3n) is 4.45. The van der Waals surface area contributed by atoms with Crippen molar-refractivity contribution >= 4 is 5.91 Å². The van der Waals surface area contributed by atoms with Crippen molar-refractivity contribution in [3.63, 3.8) is 0 Å². The SMILES string of the molecule is CCCC1(C(=O)NCc2ccc(C(C)C)cc2)CCCN1. The molecule has 0 spiro atoms. The smallest absolute Gasteiger partial charge is 0.240 e. The minimum absolute atomic E-state index is 0.162. The number of carbonyl (C=O) groups excluding carboxylic acids is 1. The molecule has 21 heavy (non-hydrogen) atoms. The third kappa shape index (κ3) is 3.85. The monoisotopic (exact) mass is 288 g/mol. The lowest BCUT2D eigenvalue weighted by Crippen LogP contribution is -2.53. The first-order chi connectivity index (χ1) is 10.1. The maximum absolute atomic E-state index is 12.5. The van der Waals surface area contributed by atoms with Crippen LogP contribution in [0, 0.1) is 0 Å². The molecular weight excluding hydrogens is 260 g/mol. The fraction of sp³-hybridized carbons (Fsp3) is 0.611. The van der Waals surface area contributed by atoms with Gasteiger partial charge in [-0.1, -0.05) is 51.5 Å². The molecule has 0 aromatic heterocycles. The zero-order valence-electron chi connectivity index (χ0n) is 13.5. The number of rotatable bonds is 6. The van der Waals surface area contributed by atoms with Gasteiger partial charge in [0, 0.05) is 6.54 Å². The minimum atomic E-state index is -0.327. The molecule has 1 atom stereocenters. The van der Waals surface area contributed by atoms with E-state index in [-0.39, 0.29) is 11.4 Å². The normalized spacial score (nSPS) is 21.7. The molecule has 1 aromatic rings. The quantitative estimate of drug-likeness (QED) is 0.843. The standard InChI is InChI=1S/C18H28N2O/c1-4-10-18(11-5-12-20-18)17(21)19-13-15-6-8-16(9-7-15)14(2)3/h6-9,14,20H,4-5,10-13H2,1-3H3,(H,19,21). The summed E-state index contributed by atoms with van der Waals surface area (Å²) in [5.41, 5.74) is 2.18. The molecule has 3 heteroatoms. The average molecular weight is 288 g/mol. The molecule has 1 aliphatic rings. The molecule has 1 unspecified atom stereocenters. The van der Waals surface area contributed by atoms with Crippen molar-refractivity contribution in [2.24, 2.45) is 0 Å². The predicted octanol–water partition coefficient (Wildman–Crippen LogP) is 3.35. The summed E-state index contributed by atoms with van der Waals surface area (Å²) in [6, 6.07) is 8.54. The highest BCUT2D eigenvalue weighted by molar-refractivity contribution is 5.86. The molecule has 116 valence electrons. The first-order valence-corrected chi connectivity index (χ1v) is 8.19. The van der Waals surface area contributed by atoms with Crippen LogP contribution in [0.1, 0.15) is 63.5 Å². The Morgan fingerprint density at radius 2 is 2.05 bits per heavy atom. The van der Waals surface area contributed by atoms with Gasteiger partial charge in [0.2, 0.25) is 5.91 Å². The van der Waals surface area contributed by atoms with Gasteiger partial charge in [-0.25, -0.2) is 0 Å². The molecule has 2 rings (SSSR count). The Morgan fingerprint density at radius 1 is 1.33 bits per heavy atom. The molecular formula is C18H28N2O. The van der Waals surface area contributed by atoms with E-state index in [9.17, 15) is 4.79 Å². The van der Waals surface area contributed by atoms with E-state index in [1.165, 1.54) is 5.56 Å². The highest BCUT2D eigenvalue weighted by atomic mass is 16.2. The second kappa shape index (κ2) is 7.08. The van der Waals surface area contributed by atoms with Crippen LogP contribution in [-0.4, -0.2) is 18.0 Å². The first kappa shape index (κ1) is 16.0. The van der Waals surface area contributed by atoms with E-state index in [1.54, 1.807) is 0 Å². The molecule has 1 aliphatic heterocycles. The summed E-state index contributed by atoms with van der Waals surface area (Å²) < 4.78 is 0. The maximum Gasteiger partial charge on any atom is 0.240 e. The number of benzene rings is 1. The van der Waals surface area contributed by atoms with Gasteiger partial charge in [0.25, 0.3) is 0 Å². The van der Waals surface area contributed by atoms with Crippen molar-refractivity contribution in [1.29, 1.82) is 0 Å². The van der Waals surface area contributed by atoms with E-state index in [2.05, 4.69) is 55.7 Å². The van der Waals surface area contributed by atoms with Crippen molar-refractivity contribution in [2.75, 3.05) is 6.54 Å². The Kier molecular flexibility index (Phi) is 5.40. The van der Waals surface area contributed by atoms with Crippen LogP contribution < -0.4 is 10.6 Å². The summed E-state index contributed by atoms with van der Waals surface area (Å²) in [5.74, 6) is 0.707. The molecule has 0 aliphatic carbocycles. The van der Waals surface area contributed by atoms with E-state index in [4.69, 9.17) is 0 Å². The Labute approximate surface area is 128 Å². The Balaban J connectivity index is 1.93. The van der Waals surface area contributed by atoms with Gasteiger partial charge in [-0.2, -0.15) is 0 Å². The van der Waals surface area contributed by atoms with Crippen LogP contribution in [0.2, 0.25) is 0 Å². The predicted molar refractivity (Wildman–Crippen MR) is 87.3 cm³/mol. The molecule has 1 heterocycles. The van der Waals surface area contributed by atoms with Crippen molar-refractivity contribution in [1.82, 2.24) is 10.6 Å². The highest BCUT2D eigenvalue weighted by Crippen LogP contribution is 2.25. The van der Waals surface area contributed by atoms with Crippen LogP contribution in [-0.2, 0) is 11.3 Å². The number of carbonyl (C=O) groups is 1. The van der Waals surface area contributed by atoms with Gasteiger partial charge in [0.15, 0.2) is 0 Å². The minimum Gasteiger partial charge on any atom is -0.350 e. The summed E-state index contributed by atoms with van der Waals surface area (Å²) in [5, 5.41) is 6.53. The van der Waals surface area contributed by atoms with Crippen molar-refractivity contribution < 1.29 is 4.79 Å². The summed E-state index contributed by atoms with van der Waals surface area (Å²) in [4.78, 5) is 12.5. The number of hydrogen-bond donors (Lipinski definition) is 2. The maximum atomic E-state index is 12.5. The van der Waals surface area contributed by atoms with Crippen LogP contribution >= 0.6 is 0 Å². The van der Waals surface area contributed by atoms with E-state index in [0.717, 1.165) is 37.8 Å². The van der Waals surface area contributed by atoms with Crippen LogP contribution in [0.3, 0.4) is 0 Å². The number of hydrogen-bond acceptors (Lipinski definition) is 2. The largest absolute Gasteiger partial charge is 0.350 e. The van der Waals surface area contributed by atoms with Crippen LogP contribution in [0.25, 0.3) is 0 Å². The lowest BCUT2D eigenvalue weighted by molar-refractivity contribution is -0.127. The second-order valence-corrected chi connectivity index (χ2v) is 6.44. The Morgan fingerprint density at radius 3 is 2.57 bits per heavy atom. The molecule has 0 saturated carbocycles. The zero-order chi connectivity index (χ0) is 15.3. The van der Waals surface area contributed by atoms with Gasteiger partial charge >= 0.3 is 0 Å². The Hall–Kier alpha value is -1.35. The van der Waals surface area contributed by atoms with Gasteiger partial charge in [-0.15, -0.1) is 0 Å². The number of nitrogens with one attached hydrogen (secondary N) is 2. The molecule has 1 saturated heterocycles. The first-order valence-electron chi connectivity index (χ1n) is 8.19.